The molecular weight excluding hydrogens is 291 g/mol. The highest BCUT2D eigenvalue weighted by Crippen LogP contribution is 2.32. The van der Waals surface area contributed by atoms with Crippen LogP contribution < -0.4 is 0 Å². The van der Waals surface area contributed by atoms with Crippen molar-refractivity contribution in [3.63, 3.8) is 0 Å². The molecule has 0 aliphatic carbocycles. The van der Waals surface area contributed by atoms with Crippen LogP contribution in [-0.2, 0) is 6.18 Å². The second-order valence-corrected chi connectivity index (χ2v) is 4.94. The number of rotatable bonds is 2. The predicted octanol–water partition coefficient (Wildman–Crippen LogP) is 4.34. The fourth-order valence-corrected chi connectivity index (χ4v) is 2.39. The summed E-state index contributed by atoms with van der Waals surface area (Å²) in [4.78, 5) is 4.20. The molecule has 1 N–H and O–H groups in total. The molecule has 3 aromatic rings. The van der Waals surface area contributed by atoms with Crippen LogP contribution in [0, 0.1) is 0 Å². The lowest BCUT2D eigenvalue weighted by Crippen LogP contribution is -2.06. The van der Waals surface area contributed by atoms with Gasteiger partial charge in [-0.05, 0) is 35.4 Å². The van der Waals surface area contributed by atoms with Gasteiger partial charge in [-0.1, -0.05) is 30.3 Å². The van der Waals surface area contributed by atoms with E-state index < -0.39 is 17.8 Å². The zero-order chi connectivity index (χ0) is 15.7. The third kappa shape index (κ3) is 2.67. The molecule has 22 heavy (non-hydrogen) atoms. The number of nitrogens with zero attached hydrogens (tertiary/aromatic N) is 1. The van der Waals surface area contributed by atoms with E-state index in [1.807, 2.05) is 24.3 Å². The monoisotopic (exact) mass is 303 g/mol. The van der Waals surface area contributed by atoms with Crippen molar-refractivity contribution in [2.24, 2.45) is 0 Å². The van der Waals surface area contributed by atoms with Gasteiger partial charge in [-0.15, -0.1) is 0 Å². The zero-order valence-electron chi connectivity index (χ0n) is 11.4. The number of aromatic nitrogens is 1. The molecule has 1 unspecified atom stereocenters. The second kappa shape index (κ2) is 5.42. The van der Waals surface area contributed by atoms with Crippen LogP contribution in [0.25, 0.3) is 10.9 Å². The lowest BCUT2D eigenvalue weighted by atomic mass is 9.97. The lowest BCUT2D eigenvalue weighted by molar-refractivity contribution is -0.137. The summed E-state index contributed by atoms with van der Waals surface area (Å²) in [6, 6.07) is 13.5. The Labute approximate surface area is 124 Å². The van der Waals surface area contributed by atoms with E-state index in [0.29, 0.717) is 11.1 Å². The van der Waals surface area contributed by atoms with Crippen molar-refractivity contribution in [2.45, 2.75) is 12.3 Å². The van der Waals surface area contributed by atoms with E-state index in [2.05, 4.69) is 4.98 Å². The Morgan fingerprint density at radius 2 is 1.59 bits per heavy atom. The van der Waals surface area contributed by atoms with E-state index in [9.17, 15) is 18.3 Å². The van der Waals surface area contributed by atoms with Crippen LogP contribution in [0.15, 0.2) is 60.8 Å². The maximum absolute atomic E-state index is 12.6. The van der Waals surface area contributed by atoms with Crippen molar-refractivity contribution in [1.82, 2.24) is 4.98 Å². The van der Waals surface area contributed by atoms with Crippen LogP contribution in [0.4, 0.5) is 13.2 Å². The Morgan fingerprint density at radius 3 is 2.27 bits per heavy atom. The molecule has 112 valence electrons. The summed E-state index contributed by atoms with van der Waals surface area (Å²) in [6.07, 6.45) is -3.81. The molecule has 1 atom stereocenters. The van der Waals surface area contributed by atoms with Crippen molar-refractivity contribution in [2.75, 3.05) is 0 Å². The fraction of sp³-hybridized carbons (Fsp3) is 0.118. The number of halogens is 3. The highest BCUT2D eigenvalue weighted by atomic mass is 19.4. The molecule has 0 spiro atoms. The SMILES string of the molecule is OC(c1ccc(C(F)(F)F)cc1)c1ccnc2ccccc12. The molecule has 5 heteroatoms. The number of hydrogen-bond donors (Lipinski definition) is 1. The Balaban J connectivity index is 2.01. The quantitative estimate of drug-likeness (QED) is 0.764. The Bertz CT molecular complexity index is 792. The summed E-state index contributed by atoms with van der Waals surface area (Å²) >= 11 is 0. The number of aliphatic hydroxyl groups is 1. The van der Waals surface area contributed by atoms with Gasteiger partial charge in [-0.2, -0.15) is 13.2 Å². The van der Waals surface area contributed by atoms with E-state index in [-0.39, 0.29) is 0 Å². The fourth-order valence-electron chi connectivity index (χ4n) is 2.39. The number of benzene rings is 2. The summed E-state index contributed by atoms with van der Waals surface area (Å²) in [6.45, 7) is 0. The first-order valence-electron chi connectivity index (χ1n) is 6.66. The molecule has 0 saturated carbocycles. The first-order valence-corrected chi connectivity index (χ1v) is 6.66. The van der Waals surface area contributed by atoms with Crippen LogP contribution in [-0.4, -0.2) is 10.1 Å². The van der Waals surface area contributed by atoms with Crippen LogP contribution in [0.3, 0.4) is 0 Å². The minimum absolute atomic E-state index is 0.407. The van der Waals surface area contributed by atoms with Crippen molar-refractivity contribution in [3.05, 3.63) is 77.5 Å². The van der Waals surface area contributed by atoms with Gasteiger partial charge >= 0.3 is 6.18 Å². The molecule has 0 aliphatic rings. The molecule has 0 amide bonds. The number of para-hydroxylation sites is 1. The van der Waals surface area contributed by atoms with Crippen LogP contribution >= 0.6 is 0 Å². The summed E-state index contributed by atoms with van der Waals surface area (Å²) in [5.74, 6) is 0. The van der Waals surface area contributed by atoms with Gasteiger partial charge in [0, 0.05) is 11.6 Å². The first kappa shape index (κ1) is 14.5. The van der Waals surface area contributed by atoms with Crippen LogP contribution in [0.1, 0.15) is 22.8 Å². The number of pyridine rings is 1. The molecule has 0 fully saturated rings. The molecule has 1 heterocycles. The van der Waals surface area contributed by atoms with E-state index >= 15 is 0 Å². The van der Waals surface area contributed by atoms with Crippen LogP contribution in [0.2, 0.25) is 0 Å². The highest BCUT2D eigenvalue weighted by Gasteiger charge is 2.30. The summed E-state index contributed by atoms with van der Waals surface area (Å²) in [5, 5.41) is 11.2. The molecule has 2 nitrogen and oxygen atoms in total. The predicted molar refractivity (Wildman–Crippen MR) is 77.2 cm³/mol. The van der Waals surface area contributed by atoms with Crippen LogP contribution in [0.5, 0.6) is 0 Å². The third-order valence-corrected chi connectivity index (χ3v) is 3.53. The third-order valence-electron chi connectivity index (χ3n) is 3.53. The zero-order valence-corrected chi connectivity index (χ0v) is 11.4. The Hall–Kier alpha value is -2.40. The molecule has 0 saturated heterocycles. The highest BCUT2D eigenvalue weighted by molar-refractivity contribution is 5.82. The second-order valence-electron chi connectivity index (χ2n) is 4.94. The maximum Gasteiger partial charge on any atom is 0.416 e. The van der Waals surface area contributed by atoms with Crippen molar-refractivity contribution in [1.29, 1.82) is 0 Å². The Morgan fingerprint density at radius 1 is 0.909 bits per heavy atom. The molecule has 0 bridgehead atoms. The van der Waals surface area contributed by atoms with Crippen molar-refractivity contribution in [3.8, 4) is 0 Å². The van der Waals surface area contributed by atoms with Gasteiger partial charge in [-0.25, -0.2) is 0 Å². The average Bonchev–Trinajstić information content (AvgIpc) is 2.53. The standard InChI is InChI=1S/C17H12F3NO/c18-17(19,20)12-7-5-11(6-8-12)16(22)14-9-10-21-15-4-2-1-3-13(14)15/h1-10,16,22H. The molecule has 3 rings (SSSR count). The topological polar surface area (TPSA) is 33.1 Å². The van der Waals surface area contributed by atoms with Gasteiger partial charge in [-0.3, -0.25) is 4.98 Å². The largest absolute Gasteiger partial charge is 0.416 e. The van der Waals surface area contributed by atoms with E-state index in [1.54, 1.807) is 12.3 Å². The first-order chi connectivity index (χ1) is 10.5. The minimum Gasteiger partial charge on any atom is -0.384 e. The molecule has 0 aliphatic heterocycles. The van der Waals surface area contributed by atoms with E-state index in [1.165, 1.54) is 12.1 Å². The average molecular weight is 303 g/mol. The van der Waals surface area contributed by atoms with Gasteiger partial charge in [0.1, 0.15) is 6.10 Å². The van der Waals surface area contributed by atoms with Gasteiger partial charge in [0.05, 0.1) is 11.1 Å². The number of alkyl halides is 3. The van der Waals surface area contributed by atoms with Gasteiger partial charge in [0.25, 0.3) is 0 Å². The van der Waals surface area contributed by atoms with Gasteiger partial charge in [0.2, 0.25) is 0 Å². The Kier molecular flexibility index (Phi) is 3.58. The van der Waals surface area contributed by atoms with E-state index in [4.69, 9.17) is 0 Å². The summed E-state index contributed by atoms with van der Waals surface area (Å²) < 4.78 is 37.7. The van der Waals surface area contributed by atoms with E-state index in [0.717, 1.165) is 23.0 Å². The molecule has 0 radical (unpaired) electrons. The smallest absolute Gasteiger partial charge is 0.384 e. The van der Waals surface area contributed by atoms with Crippen molar-refractivity contribution >= 4 is 10.9 Å². The maximum atomic E-state index is 12.6. The molecule has 2 aromatic carbocycles. The normalized spacial score (nSPS) is 13.3. The number of aliphatic hydroxyl groups excluding tert-OH is 1. The summed E-state index contributed by atoms with van der Waals surface area (Å²) in [5.41, 5.74) is 1.02. The van der Waals surface area contributed by atoms with Gasteiger partial charge in [0.15, 0.2) is 0 Å². The lowest BCUT2D eigenvalue weighted by Gasteiger charge is -2.15. The van der Waals surface area contributed by atoms with Crippen molar-refractivity contribution < 1.29 is 18.3 Å². The number of fused-ring (bicyclic) bond motifs is 1. The minimum atomic E-state index is -4.38. The van der Waals surface area contributed by atoms with Gasteiger partial charge < -0.3 is 5.11 Å². The summed E-state index contributed by atoms with van der Waals surface area (Å²) in [7, 11) is 0. The molecule has 1 aromatic heterocycles. The number of hydrogen-bond acceptors (Lipinski definition) is 2. The molecular formula is C17H12F3NO.